The predicted molar refractivity (Wildman–Crippen MR) is 86.3 cm³/mol. The molecule has 0 amide bonds. The van der Waals surface area contributed by atoms with Crippen molar-refractivity contribution in [1.29, 1.82) is 0 Å². The second-order valence-electron chi connectivity index (χ2n) is 6.82. The largest absolute Gasteiger partial charge is 0.381 e. The Bertz CT molecular complexity index is 489. The zero-order chi connectivity index (χ0) is 14.8. The normalized spacial score (nSPS) is 27.6. The van der Waals surface area contributed by atoms with Crippen molar-refractivity contribution in [2.75, 3.05) is 44.3 Å². The second kappa shape index (κ2) is 6.50. The van der Waals surface area contributed by atoms with E-state index < -0.39 is 0 Å². The maximum Gasteiger partial charge on any atom is 0.132 e. The first kappa shape index (κ1) is 14.4. The predicted octanol–water partition coefficient (Wildman–Crippen LogP) is 2.05. The van der Waals surface area contributed by atoms with Gasteiger partial charge in [-0.1, -0.05) is 0 Å². The number of aromatic nitrogens is 2. The van der Waals surface area contributed by atoms with Crippen molar-refractivity contribution in [2.45, 2.75) is 44.1 Å². The molecule has 1 aromatic rings. The minimum absolute atomic E-state index is 0.462. The van der Waals surface area contributed by atoms with Crippen LogP contribution in [-0.4, -0.2) is 60.3 Å². The molecule has 3 fully saturated rings. The Balaban J connectivity index is 1.39. The molecule has 3 aliphatic heterocycles. The summed E-state index contributed by atoms with van der Waals surface area (Å²) >= 11 is 0. The molecule has 0 spiro atoms. The van der Waals surface area contributed by atoms with Gasteiger partial charge in [0.2, 0.25) is 0 Å². The first-order chi connectivity index (χ1) is 10.9. The third-order valence-corrected chi connectivity index (χ3v) is 5.47. The molecule has 3 aliphatic rings. The molecule has 0 unspecified atom stereocenters. The molecule has 0 aliphatic carbocycles. The van der Waals surface area contributed by atoms with E-state index in [1.807, 2.05) is 0 Å². The zero-order valence-corrected chi connectivity index (χ0v) is 13.3. The first-order valence-electron chi connectivity index (χ1n) is 8.79. The lowest BCUT2D eigenvalue weighted by Crippen LogP contribution is -2.44. The van der Waals surface area contributed by atoms with Gasteiger partial charge in [-0.2, -0.15) is 0 Å². The van der Waals surface area contributed by atoms with E-state index in [4.69, 9.17) is 4.74 Å². The number of rotatable bonds is 3. The first-order valence-corrected chi connectivity index (χ1v) is 8.79. The fourth-order valence-corrected chi connectivity index (χ4v) is 4.09. The van der Waals surface area contributed by atoms with E-state index in [0.717, 1.165) is 50.3 Å². The van der Waals surface area contributed by atoms with Gasteiger partial charge >= 0.3 is 0 Å². The minimum atomic E-state index is 0.462. The number of nitrogens with zero attached hydrogens (tertiary/aromatic N) is 4. The standard InChI is InChI=1S/C17H26N4O/c1-2-7-20(6-1)15-3-8-21(9-4-15)17-11-16(18-13-19-17)14-5-10-22-12-14/h11,13-15H,1-10,12H2/t14-/m0/s1. The Kier molecular flexibility index (Phi) is 4.26. The third kappa shape index (κ3) is 2.97. The average Bonchev–Trinajstić information content (AvgIpc) is 3.29. The van der Waals surface area contributed by atoms with Crippen LogP contribution in [0, 0.1) is 0 Å². The second-order valence-corrected chi connectivity index (χ2v) is 6.82. The molecule has 4 rings (SSSR count). The lowest BCUT2D eigenvalue weighted by atomic mass is 10.0. The van der Waals surface area contributed by atoms with E-state index >= 15 is 0 Å². The van der Waals surface area contributed by atoms with Crippen molar-refractivity contribution in [3.8, 4) is 0 Å². The van der Waals surface area contributed by atoms with Crippen LogP contribution >= 0.6 is 0 Å². The van der Waals surface area contributed by atoms with Crippen molar-refractivity contribution in [1.82, 2.24) is 14.9 Å². The van der Waals surface area contributed by atoms with Gasteiger partial charge in [0.25, 0.3) is 0 Å². The lowest BCUT2D eigenvalue weighted by Gasteiger charge is -2.37. The van der Waals surface area contributed by atoms with E-state index in [0.29, 0.717) is 5.92 Å². The SMILES string of the molecule is c1nc([C@H]2CCOC2)cc(N2CCC(N3CCCC3)CC2)n1. The van der Waals surface area contributed by atoms with E-state index in [1.165, 1.54) is 38.8 Å². The monoisotopic (exact) mass is 302 g/mol. The molecule has 0 saturated carbocycles. The van der Waals surface area contributed by atoms with Crippen LogP contribution < -0.4 is 4.90 Å². The van der Waals surface area contributed by atoms with Crippen molar-refractivity contribution in [2.24, 2.45) is 0 Å². The molecule has 4 heterocycles. The van der Waals surface area contributed by atoms with Crippen LogP contribution in [0.25, 0.3) is 0 Å². The van der Waals surface area contributed by atoms with Gasteiger partial charge in [-0.15, -0.1) is 0 Å². The quantitative estimate of drug-likeness (QED) is 0.855. The maximum absolute atomic E-state index is 5.49. The summed E-state index contributed by atoms with van der Waals surface area (Å²) in [6.07, 6.45) is 8.14. The van der Waals surface area contributed by atoms with Crippen molar-refractivity contribution in [3.05, 3.63) is 18.1 Å². The summed E-state index contributed by atoms with van der Waals surface area (Å²) in [4.78, 5) is 14.1. The topological polar surface area (TPSA) is 41.5 Å². The number of likely N-dealkylation sites (tertiary alicyclic amines) is 1. The van der Waals surface area contributed by atoms with Crippen LogP contribution in [0.5, 0.6) is 0 Å². The Morgan fingerprint density at radius 3 is 2.55 bits per heavy atom. The Hall–Kier alpha value is -1.20. The van der Waals surface area contributed by atoms with Crippen molar-refractivity contribution < 1.29 is 4.74 Å². The Labute approximate surface area is 132 Å². The molecule has 120 valence electrons. The summed E-state index contributed by atoms with van der Waals surface area (Å²) in [5, 5.41) is 0. The van der Waals surface area contributed by atoms with E-state index in [1.54, 1.807) is 6.33 Å². The van der Waals surface area contributed by atoms with Crippen molar-refractivity contribution in [3.63, 3.8) is 0 Å². The molecular weight excluding hydrogens is 276 g/mol. The lowest BCUT2D eigenvalue weighted by molar-refractivity contribution is 0.193. The van der Waals surface area contributed by atoms with Crippen LogP contribution in [0.4, 0.5) is 5.82 Å². The van der Waals surface area contributed by atoms with Gasteiger partial charge in [-0.25, -0.2) is 9.97 Å². The number of piperidine rings is 1. The summed E-state index contributed by atoms with van der Waals surface area (Å²) in [5.41, 5.74) is 1.16. The van der Waals surface area contributed by atoms with E-state index in [9.17, 15) is 0 Å². The van der Waals surface area contributed by atoms with E-state index in [-0.39, 0.29) is 0 Å². The minimum Gasteiger partial charge on any atom is -0.381 e. The highest BCUT2D eigenvalue weighted by atomic mass is 16.5. The molecule has 0 N–H and O–H groups in total. The molecule has 22 heavy (non-hydrogen) atoms. The summed E-state index contributed by atoms with van der Waals surface area (Å²) in [7, 11) is 0. The maximum atomic E-state index is 5.49. The third-order valence-electron chi connectivity index (χ3n) is 5.47. The molecule has 1 aromatic heterocycles. The molecule has 0 bridgehead atoms. The molecule has 3 saturated heterocycles. The van der Waals surface area contributed by atoms with Crippen LogP contribution in [-0.2, 0) is 4.74 Å². The van der Waals surface area contributed by atoms with Gasteiger partial charge < -0.3 is 14.5 Å². The van der Waals surface area contributed by atoms with Crippen LogP contribution in [0.15, 0.2) is 12.4 Å². The van der Waals surface area contributed by atoms with E-state index in [2.05, 4.69) is 25.8 Å². The van der Waals surface area contributed by atoms with Crippen molar-refractivity contribution >= 4 is 5.82 Å². The zero-order valence-electron chi connectivity index (χ0n) is 13.3. The van der Waals surface area contributed by atoms with Crippen LogP contribution in [0.3, 0.4) is 0 Å². The van der Waals surface area contributed by atoms with Gasteiger partial charge in [0, 0.05) is 37.7 Å². The van der Waals surface area contributed by atoms with Gasteiger partial charge in [0.1, 0.15) is 12.1 Å². The highest BCUT2D eigenvalue weighted by molar-refractivity contribution is 5.40. The molecular formula is C17H26N4O. The number of hydrogen-bond donors (Lipinski definition) is 0. The number of hydrogen-bond acceptors (Lipinski definition) is 5. The number of ether oxygens (including phenoxy) is 1. The van der Waals surface area contributed by atoms with Gasteiger partial charge in [0.05, 0.1) is 12.3 Å². The Morgan fingerprint density at radius 1 is 1.00 bits per heavy atom. The smallest absolute Gasteiger partial charge is 0.132 e. The molecule has 5 nitrogen and oxygen atoms in total. The molecule has 0 radical (unpaired) electrons. The average molecular weight is 302 g/mol. The fourth-order valence-electron chi connectivity index (χ4n) is 4.09. The highest BCUT2D eigenvalue weighted by Crippen LogP contribution is 2.27. The fraction of sp³-hybridized carbons (Fsp3) is 0.765. The summed E-state index contributed by atoms with van der Waals surface area (Å²) < 4.78 is 5.49. The van der Waals surface area contributed by atoms with Gasteiger partial charge in [-0.05, 0) is 45.2 Å². The van der Waals surface area contributed by atoms with Gasteiger partial charge in [-0.3, -0.25) is 0 Å². The Morgan fingerprint density at radius 2 is 1.82 bits per heavy atom. The summed E-state index contributed by atoms with van der Waals surface area (Å²) in [5.74, 6) is 1.57. The summed E-state index contributed by atoms with van der Waals surface area (Å²) in [6.45, 7) is 6.55. The molecule has 0 aromatic carbocycles. The molecule has 1 atom stereocenters. The highest BCUT2D eigenvalue weighted by Gasteiger charge is 2.27. The van der Waals surface area contributed by atoms with Gasteiger partial charge in [0.15, 0.2) is 0 Å². The van der Waals surface area contributed by atoms with Crippen LogP contribution in [0.1, 0.15) is 43.7 Å². The molecule has 5 heteroatoms. The van der Waals surface area contributed by atoms with Crippen LogP contribution in [0.2, 0.25) is 0 Å². The summed E-state index contributed by atoms with van der Waals surface area (Å²) in [6, 6.07) is 2.98. The number of anilines is 1.